The van der Waals surface area contributed by atoms with Gasteiger partial charge < -0.3 is 5.32 Å². The van der Waals surface area contributed by atoms with Crippen molar-refractivity contribution in [2.24, 2.45) is 0 Å². The molecule has 0 bridgehead atoms. The summed E-state index contributed by atoms with van der Waals surface area (Å²) in [5, 5.41) is 6.38. The van der Waals surface area contributed by atoms with Gasteiger partial charge in [-0.15, -0.1) is 11.3 Å². The molecule has 0 aliphatic carbocycles. The maximum absolute atomic E-state index is 12.2. The molecular formula is C15H16N2O2S. The van der Waals surface area contributed by atoms with Crippen LogP contribution in [-0.2, 0) is 9.59 Å². The molecule has 0 saturated carbocycles. The molecule has 1 unspecified atom stereocenters. The molecule has 1 aromatic carbocycles. The summed E-state index contributed by atoms with van der Waals surface area (Å²) in [6.45, 7) is 2.48. The molecule has 2 amide bonds. The smallest absolute Gasteiger partial charge is 0.252 e. The third-order valence-corrected chi connectivity index (χ3v) is 4.38. The Morgan fingerprint density at radius 2 is 2.20 bits per heavy atom. The summed E-state index contributed by atoms with van der Waals surface area (Å²) in [6.07, 6.45) is 1.05. The number of hydrogen-bond acceptors (Lipinski definition) is 4. The normalized spacial score (nSPS) is 19.1. The van der Waals surface area contributed by atoms with Gasteiger partial charge in [0.25, 0.3) is 5.91 Å². The maximum Gasteiger partial charge on any atom is 0.252 e. The van der Waals surface area contributed by atoms with E-state index in [0.29, 0.717) is 6.54 Å². The molecule has 1 aliphatic rings. The van der Waals surface area contributed by atoms with E-state index in [1.165, 1.54) is 9.60 Å². The molecule has 0 radical (unpaired) electrons. The highest BCUT2D eigenvalue weighted by molar-refractivity contribution is 7.17. The van der Waals surface area contributed by atoms with Crippen molar-refractivity contribution in [3.05, 3.63) is 29.6 Å². The molecule has 1 N–H and O–H groups in total. The Bertz CT molecular complexity index is 665. The number of amides is 2. The van der Waals surface area contributed by atoms with Crippen molar-refractivity contribution < 1.29 is 9.59 Å². The largest absolute Gasteiger partial charge is 0.373 e. The molecule has 1 saturated heterocycles. The summed E-state index contributed by atoms with van der Waals surface area (Å²) in [6, 6.07) is 7.64. The number of nitrogens with one attached hydrogen (secondary N) is 1. The minimum absolute atomic E-state index is 0.0778. The van der Waals surface area contributed by atoms with Gasteiger partial charge in [0, 0.05) is 16.9 Å². The highest BCUT2D eigenvalue weighted by atomic mass is 32.1. The Kier molecular flexibility index (Phi) is 3.44. The van der Waals surface area contributed by atoms with Crippen molar-refractivity contribution in [2.75, 3.05) is 11.9 Å². The number of thiophene rings is 1. The summed E-state index contributed by atoms with van der Waals surface area (Å²) >= 11 is 1.69. The minimum Gasteiger partial charge on any atom is -0.373 e. The van der Waals surface area contributed by atoms with E-state index in [1.807, 2.05) is 30.5 Å². The van der Waals surface area contributed by atoms with Crippen molar-refractivity contribution in [3.63, 3.8) is 0 Å². The van der Waals surface area contributed by atoms with Gasteiger partial charge in [-0.25, -0.2) is 0 Å². The number of carbonyl (C=O) groups excluding carboxylic acids is 2. The molecule has 20 heavy (non-hydrogen) atoms. The standard InChI is InChI=1S/C15H16N2O2S/c1-2-6-17-14(18)9-12(15(17)19)16-11-3-4-13-10(8-11)5-7-20-13/h3-5,7-8,12,16H,2,6,9H2,1H3. The van der Waals surface area contributed by atoms with Crippen LogP contribution in [0.15, 0.2) is 29.6 Å². The number of nitrogens with zero attached hydrogens (tertiary/aromatic N) is 1. The lowest BCUT2D eigenvalue weighted by Crippen LogP contribution is -2.35. The van der Waals surface area contributed by atoms with Crippen molar-refractivity contribution in [2.45, 2.75) is 25.8 Å². The minimum atomic E-state index is -0.426. The average molecular weight is 288 g/mol. The fourth-order valence-electron chi connectivity index (χ4n) is 2.51. The van der Waals surface area contributed by atoms with Crippen LogP contribution in [-0.4, -0.2) is 29.3 Å². The lowest BCUT2D eigenvalue weighted by molar-refractivity contribution is -0.138. The SMILES string of the molecule is CCCN1C(=O)CC(Nc2ccc3sccc3c2)C1=O. The lowest BCUT2D eigenvalue weighted by Gasteiger charge is -2.15. The Balaban J connectivity index is 1.77. The summed E-state index contributed by atoms with van der Waals surface area (Å²) < 4.78 is 1.22. The third kappa shape index (κ3) is 2.29. The van der Waals surface area contributed by atoms with Crippen LogP contribution in [0.4, 0.5) is 5.69 Å². The first-order chi connectivity index (χ1) is 9.69. The van der Waals surface area contributed by atoms with Crippen LogP contribution < -0.4 is 5.32 Å². The summed E-state index contributed by atoms with van der Waals surface area (Å²) in [7, 11) is 0. The van der Waals surface area contributed by atoms with Gasteiger partial charge in [-0.2, -0.15) is 0 Å². The van der Waals surface area contributed by atoms with Gasteiger partial charge in [0.1, 0.15) is 6.04 Å². The molecule has 104 valence electrons. The maximum atomic E-state index is 12.2. The van der Waals surface area contributed by atoms with E-state index in [0.717, 1.165) is 17.5 Å². The fourth-order valence-corrected chi connectivity index (χ4v) is 3.28. The van der Waals surface area contributed by atoms with Gasteiger partial charge in [-0.1, -0.05) is 6.92 Å². The van der Waals surface area contributed by atoms with Crippen LogP contribution in [0.25, 0.3) is 10.1 Å². The van der Waals surface area contributed by atoms with Crippen LogP contribution >= 0.6 is 11.3 Å². The van der Waals surface area contributed by atoms with E-state index in [4.69, 9.17) is 0 Å². The Hall–Kier alpha value is -1.88. The number of rotatable bonds is 4. The quantitative estimate of drug-likeness (QED) is 0.880. The first-order valence-electron chi connectivity index (χ1n) is 6.77. The van der Waals surface area contributed by atoms with E-state index < -0.39 is 6.04 Å². The fraction of sp³-hybridized carbons (Fsp3) is 0.333. The van der Waals surface area contributed by atoms with Gasteiger partial charge in [0.15, 0.2) is 0 Å². The molecule has 2 heterocycles. The van der Waals surface area contributed by atoms with E-state index in [9.17, 15) is 9.59 Å². The molecule has 3 rings (SSSR count). The zero-order valence-corrected chi connectivity index (χ0v) is 12.1. The van der Waals surface area contributed by atoms with Crippen LogP contribution in [0.3, 0.4) is 0 Å². The second-order valence-corrected chi connectivity index (χ2v) is 5.91. The van der Waals surface area contributed by atoms with E-state index in [1.54, 1.807) is 11.3 Å². The molecule has 4 nitrogen and oxygen atoms in total. The highest BCUT2D eigenvalue weighted by Gasteiger charge is 2.37. The zero-order chi connectivity index (χ0) is 14.1. The first kappa shape index (κ1) is 13.1. The lowest BCUT2D eigenvalue weighted by atomic mass is 10.2. The number of likely N-dealkylation sites (tertiary alicyclic amines) is 1. The molecule has 1 fully saturated rings. The zero-order valence-electron chi connectivity index (χ0n) is 11.3. The van der Waals surface area contributed by atoms with Gasteiger partial charge in [-0.05, 0) is 41.5 Å². The molecule has 5 heteroatoms. The number of imide groups is 1. The van der Waals surface area contributed by atoms with Crippen LogP contribution in [0.1, 0.15) is 19.8 Å². The average Bonchev–Trinajstić information content (AvgIpc) is 2.99. The molecule has 1 atom stereocenters. The summed E-state index contributed by atoms with van der Waals surface area (Å²) in [5.41, 5.74) is 0.889. The topological polar surface area (TPSA) is 49.4 Å². The third-order valence-electron chi connectivity index (χ3n) is 3.48. The van der Waals surface area contributed by atoms with Gasteiger partial charge in [0.2, 0.25) is 5.91 Å². The number of carbonyl (C=O) groups is 2. The van der Waals surface area contributed by atoms with E-state index in [2.05, 4.69) is 11.4 Å². The number of anilines is 1. The first-order valence-corrected chi connectivity index (χ1v) is 7.65. The predicted octanol–water partition coefficient (Wildman–Crippen LogP) is 2.85. The second kappa shape index (κ2) is 5.25. The van der Waals surface area contributed by atoms with Crippen molar-refractivity contribution >= 4 is 38.9 Å². The Morgan fingerprint density at radius 1 is 1.35 bits per heavy atom. The summed E-state index contributed by atoms with van der Waals surface area (Å²) in [5.74, 6) is -0.187. The molecular weight excluding hydrogens is 272 g/mol. The Morgan fingerprint density at radius 3 is 3.00 bits per heavy atom. The van der Waals surface area contributed by atoms with Crippen molar-refractivity contribution in [3.8, 4) is 0 Å². The van der Waals surface area contributed by atoms with Crippen LogP contribution in [0.2, 0.25) is 0 Å². The Labute approximate surface area is 121 Å². The van der Waals surface area contributed by atoms with Gasteiger partial charge in [0.05, 0.1) is 6.42 Å². The number of benzene rings is 1. The molecule has 2 aromatic rings. The summed E-state index contributed by atoms with van der Waals surface area (Å²) in [4.78, 5) is 25.3. The highest BCUT2D eigenvalue weighted by Crippen LogP contribution is 2.26. The van der Waals surface area contributed by atoms with E-state index in [-0.39, 0.29) is 18.2 Å². The number of fused-ring (bicyclic) bond motifs is 1. The molecule has 0 spiro atoms. The second-order valence-electron chi connectivity index (χ2n) is 4.96. The van der Waals surface area contributed by atoms with Crippen molar-refractivity contribution in [1.29, 1.82) is 0 Å². The van der Waals surface area contributed by atoms with Gasteiger partial charge >= 0.3 is 0 Å². The van der Waals surface area contributed by atoms with Gasteiger partial charge in [-0.3, -0.25) is 14.5 Å². The molecule has 1 aromatic heterocycles. The van der Waals surface area contributed by atoms with E-state index >= 15 is 0 Å². The van der Waals surface area contributed by atoms with Crippen LogP contribution in [0.5, 0.6) is 0 Å². The van der Waals surface area contributed by atoms with Crippen LogP contribution in [0, 0.1) is 0 Å². The predicted molar refractivity (Wildman–Crippen MR) is 80.9 cm³/mol. The van der Waals surface area contributed by atoms with Crippen molar-refractivity contribution in [1.82, 2.24) is 4.90 Å². The monoisotopic (exact) mass is 288 g/mol. The number of hydrogen-bond donors (Lipinski definition) is 1. The molecule has 1 aliphatic heterocycles.